The lowest BCUT2D eigenvalue weighted by atomic mass is 9.85. The molecule has 0 atom stereocenters. The molecule has 1 radical (unpaired) electrons. The zero-order chi connectivity index (χ0) is 6.10. The zero-order valence-corrected chi connectivity index (χ0v) is 5.84. The van der Waals surface area contributed by atoms with Crippen LogP contribution < -0.4 is 5.32 Å². The molecule has 2 aliphatic carbocycles. The molecule has 51 valence electrons. The standard InChI is InChI=1S/C8H14N/c1-2-7(3-1)6-9-8-4-5-8/h7-8H,1-6H2. The van der Waals surface area contributed by atoms with Crippen LogP contribution in [-0.2, 0) is 0 Å². The minimum atomic E-state index is 0.797. The molecule has 0 bridgehead atoms. The SMILES string of the molecule is C1CC(C[N]C2CC2)C1. The van der Waals surface area contributed by atoms with Crippen LogP contribution in [-0.4, -0.2) is 12.6 Å². The van der Waals surface area contributed by atoms with Gasteiger partial charge < -0.3 is 0 Å². The third kappa shape index (κ3) is 1.45. The van der Waals surface area contributed by atoms with Crippen molar-refractivity contribution >= 4 is 0 Å². The highest BCUT2D eigenvalue weighted by Crippen LogP contribution is 2.28. The van der Waals surface area contributed by atoms with Crippen LogP contribution in [0.3, 0.4) is 0 Å². The maximum Gasteiger partial charge on any atom is 0.0247 e. The molecular weight excluding hydrogens is 110 g/mol. The van der Waals surface area contributed by atoms with Crippen LogP contribution >= 0.6 is 0 Å². The summed E-state index contributed by atoms with van der Waals surface area (Å²) in [5, 5.41) is 4.56. The maximum absolute atomic E-state index is 4.56. The van der Waals surface area contributed by atoms with E-state index in [2.05, 4.69) is 5.32 Å². The molecule has 0 heterocycles. The average Bonchev–Trinajstić information content (AvgIpc) is 2.44. The Kier molecular flexibility index (Phi) is 1.46. The van der Waals surface area contributed by atoms with Gasteiger partial charge in [-0.05, 0) is 31.6 Å². The topological polar surface area (TPSA) is 14.1 Å². The highest BCUT2D eigenvalue weighted by atomic mass is 14.9. The molecular formula is C8H14N. The number of hydrogen-bond acceptors (Lipinski definition) is 0. The number of rotatable bonds is 3. The van der Waals surface area contributed by atoms with E-state index in [1.54, 1.807) is 0 Å². The molecule has 2 rings (SSSR count). The fourth-order valence-electron chi connectivity index (χ4n) is 1.23. The first-order valence-corrected chi connectivity index (χ1v) is 4.12. The molecule has 9 heavy (non-hydrogen) atoms. The molecule has 0 N–H and O–H groups in total. The van der Waals surface area contributed by atoms with Crippen molar-refractivity contribution in [3.05, 3.63) is 0 Å². The lowest BCUT2D eigenvalue weighted by Gasteiger charge is -2.24. The van der Waals surface area contributed by atoms with Crippen molar-refractivity contribution < 1.29 is 0 Å². The fraction of sp³-hybridized carbons (Fsp3) is 1.00. The van der Waals surface area contributed by atoms with Crippen LogP contribution in [0.1, 0.15) is 32.1 Å². The largest absolute Gasteiger partial charge is 0.238 e. The summed E-state index contributed by atoms with van der Waals surface area (Å²) in [6, 6.07) is 0.797. The van der Waals surface area contributed by atoms with Gasteiger partial charge in [0.25, 0.3) is 0 Å². The van der Waals surface area contributed by atoms with Gasteiger partial charge in [0, 0.05) is 12.6 Å². The van der Waals surface area contributed by atoms with E-state index in [1.807, 2.05) is 0 Å². The van der Waals surface area contributed by atoms with Crippen LogP contribution in [0.15, 0.2) is 0 Å². The first-order valence-electron chi connectivity index (χ1n) is 4.12. The van der Waals surface area contributed by atoms with Crippen molar-refractivity contribution in [1.29, 1.82) is 0 Å². The lowest BCUT2D eigenvalue weighted by Crippen LogP contribution is -2.23. The number of nitrogens with zero attached hydrogens (tertiary/aromatic N) is 1. The minimum absolute atomic E-state index is 0.797. The van der Waals surface area contributed by atoms with Crippen molar-refractivity contribution in [2.75, 3.05) is 6.54 Å². The summed E-state index contributed by atoms with van der Waals surface area (Å²) < 4.78 is 0. The van der Waals surface area contributed by atoms with Crippen LogP contribution in [0.2, 0.25) is 0 Å². The summed E-state index contributed by atoms with van der Waals surface area (Å²) in [6.45, 7) is 1.19. The molecule has 1 heteroatoms. The van der Waals surface area contributed by atoms with E-state index in [0.717, 1.165) is 12.0 Å². The zero-order valence-electron chi connectivity index (χ0n) is 5.84. The Morgan fingerprint density at radius 2 is 1.89 bits per heavy atom. The fourth-order valence-corrected chi connectivity index (χ4v) is 1.23. The quantitative estimate of drug-likeness (QED) is 0.542. The van der Waals surface area contributed by atoms with E-state index < -0.39 is 0 Å². The molecule has 1 nitrogen and oxygen atoms in total. The summed E-state index contributed by atoms with van der Waals surface area (Å²) in [7, 11) is 0. The molecule has 2 saturated carbocycles. The van der Waals surface area contributed by atoms with Crippen molar-refractivity contribution in [2.45, 2.75) is 38.1 Å². The van der Waals surface area contributed by atoms with E-state index >= 15 is 0 Å². The summed E-state index contributed by atoms with van der Waals surface area (Å²) in [5.41, 5.74) is 0. The molecule has 0 amide bonds. The second-order valence-electron chi connectivity index (χ2n) is 3.39. The van der Waals surface area contributed by atoms with Crippen LogP contribution in [0.5, 0.6) is 0 Å². The predicted octanol–water partition coefficient (Wildman–Crippen LogP) is 1.55. The van der Waals surface area contributed by atoms with Gasteiger partial charge in [0.05, 0.1) is 0 Å². The predicted molar refractivity (Wildman–Crippen MR) is 37.4 cm³/mol. The molecule has 2 fully saturated rings. The van der Waals surface area contributed by atoms with Gasteiger partial charge in [-0.2, -0.15) is 0 Å². The van der Waals surface area contributed by atoms with E-state index in [0.29, 0.717) is 0 Å². The Bertz CT molecular complexity index is 92.7. The molecule has 0 unspecified atom stereocenters. The summed E-state index contributed by atoms with van der Waals surface area (Å²) in [4.78, 5) is 0. The molecule has 2 aliphatic rings. The maximum atomic E-state index is 4.56. The van der Waals surface area contributed by atoms with Crippen LogP contribution in [0, 0.1) is 5.92 Å². The Balaban J connectivity index is 1.55. The van der Waals surface area contributed by atoms with Gasteiger partial charge in [0.15, 0.2) is 0 Å². The molecule has 0 aromatic heterocycles. The summed E-state index contributed by atoms with van der Waals surface area (Å²) in [5.74, 6) is 0.991. The van der Waals surface area contributed by atoms with Gasteiger partial charge >= 0.3 is 0 Å². The second kappa shape index (κ2) is 2.30. The Hall–Kier alpha value is -0.0400. The molecule has 0 spiro atoms. The van der Waals surface area contributed by atoms with E-state index in [9.17, 15) is 0 Å². The third-order valence-corrected chi connectivity index (χ3v) is 2.39. The van der Waals surface area contributed by atoms with Crippen molar-refractivity contribution in [1.82, 2.24) is 5.32 Å². The van der Waals surface area contributed by atoms with E-state index in [1.165, 1.54) is 38.6 Å². The monoisotopic (exact) mass is 124 g/mol. The van der Waals surface area contributed by atoms with Crippen molar-refractivity contribution in [3.8, 4) is 0 Å². The minimum Gasteiger partial charge on any atom is -0.238 e. The third-order valence-electron chi connectivity index (χ3n) is 2.39. The van der Waals surface area contributed by atoms with E-state index in [4.69, 9.17) is 0 Å². The first-order chi connectivity index (χ1) is 4.45. The van der Waals surface area contributed by atoms with Gasteiger partial charge in [-0.25, -0.2) is 5.32 Å². The summed E-state index contributed by atoms with van der Waals surface area (Å²) >= 11 is 0. The highest BCUT2D eigenvalue weighted by molar-refractivity contribution is 4.82. The van der Waals surface area contributed by atoms with Crippen LogP contribution in [0.4, 0.5) is 0 Å². The summed E-state index contributed by atoms with van der Waals surface area (Å²) in [6.07, 6.45) is 7.14. The van der Waals surface area contributed by atoms with Crippen molar-refractivity contribution in [2.24, 2.45) is 5.92 Å². The molecule has 0 aromatic carbocycles. The van der Waals surface area contributed by atoms with E-state index in [-0.39, 0.29) is 0 Å². The Labute approximate surface area is 56.8 Å². The molecule has 0 saturated heterocycles. The van der Waals surface area contributed by atoms with Crippen LogP contribution in [0.25, 0.3) is 0 Å². The highest BCUT2D eigenvalue weighted by Gasteiger charge is 2.25. The number of hydrogen-bond donors (Lipinski definition) is 0. The molecule has 0 aliphatic heterocycles. The Morgan fingerprint density at radius 3 is 2.33 bits per heavy atom. The van der Waals surface area contributed by atoms with Gasteiger partial charge in [-0.3, -0.25) is 0 Å². The first kappa shape index (κ1) is 5.72. The van der Waals surface area contributed by atoms with Crippen molar-refractivity contribution in [3.63, 3.8) is 0 Å². The van der Waals surface area contributed by atoms with Gasteiger partial charge in [-0.15, -0.1) is 0 Å². The van der Waals surface area contributed by atoms with Gasteiger partial charge in [0.2, 0.25) is 0 Å². The smallest absolute Gasteiger partial charge is 0.0247 e. The normalized spacial score (nSPS) is 28.0. The second-order valence-corrected chi connectivity index (χ2v) is 3.39. The van der Waals surface area contributed by atoms with Gasteiger partial charge in [-0.1, -0.05) is 6.42 Å². The Morgan fingerprint density at radius 1 is 1.11 bits per heavy atom. The van der Waals surface area contributed by atoms with Gasteiger partial charge in [0.1, 0.15) is 0 Å². The molecule has 0 aromatic rings. The lowest BCUT2D eigenvalue weighted by molar-refractivity contribution is 0.298. The average molecular weight is 124 g/mol.